The van der Waals surface area contributed by atoms with Crippen LogP contribution in [0.5, 0.6) is 5.75 Å². The highest BCUT2D eigenvalue weighted by atomic mass is 19.1. The number of nitrogens with zero attached hydrogens (tertiary/aromatic N) is 1. The average molecular weight is 257 g/mol. The second kappa shape index (κ2) is 4.53. The van der Waals surface area contributed by atoms with Gasteiger partial charge >= 0.3 is 0 Å². The van der Waals surface area contributed by atoms with Gasteiger partial charge in [-0.05, 0) is 24.8 Å². The third-order valence-corrected chi connectivity index (χ3v) is 3.00. The van der Waals surface area contributed by atoms with Gasteiger partial charge in [-0.3, -0.25) is 9.63 Å². The van der Waals surface area contributed by atoms with E-state index in [0.29, 0.717) is 18.9 Å². The van der Waals surface area contributed by atoms with Gasteiger partial charge in [-0.25, -0.2) is 13.8 Å². The highest BCUT2D eigenvalue weighted by Crippen LogP contribution is 2.46. The van der Waals surface area contributed by atoms with Crippen molar-refractivity contribution in [3.8, 4) is 5.75 Å². The number of benzene rings is 1. The summed E-state index contributed by atoms with van der Waals surface area (Å²) >= 11 is 0. The standard InChI is InChI=1S/C12H13F2NO3/c1-15(18-2)12(17)7-5-8(13)11(16)9(10(7)14)6-3-4-6/h5-6,16H,3-4H2,1-2H3. The zero-order valence-corrected chi connectivity index (χ0v) is 10.0. The van der Waals surface area contributed by atoms with Crippen LogP contribution in [-0.4, -0.2) is 30.2 Å². The first-order valence-electron chi connectivity index (χ1n) is 5.50. The number of rotatable bonds is 3. The van der Waals surface area contributed by atoms with Crippen LogP contribution in [0.1, 0.15) is 34.7 Å². The summed E-state index contributed by atoms with van der Waals surface area (Å²) in [6.45, 7) is 0. The fourth-order valence-corrected chi connectivity index (χ4v) is 1.79. The number of halogens is 2. The van der Waals surface area contributed by atoms with E-state index in [9.17, 15) is 18.7 Å². The summed E-state index contributed by atoms with van der Waals surface area (Å²) in [5.74, 6) is -3.57. The monoisotopic (exact) mass is 257 g/mol. The summed E-state index contributed by atoms with van der Waals surface area (Å²) in [6, 6.07) is 0.689. The number of phenolic OH excluding ortho intramolecular Hbond substituents is 1. The number of aromatic hydroxyl groups is 1. The third-order valence-electron chi connectivity index (χ3n) is 3.00. The van der Waals surface area contributed by atoms with E-state index in [4.69, 9.17) is 0 Å². The van der Waals surface area contributed by atoms with Gasteiger partial charge in [0.25, 0.3) is 5.91 Å². The molecule has 0 unspecified atom stereocenters. The lowest BCUT2D eigenvalue weighted by Gasteiger charge is -2.16. The van der Waals surface area contributed by atoms with E-state index < -0.39 is 28.9 Å². The van der Waals surface area contributed by atoms with E-state index in [2.05, 4.69) is 4.84 Å². The molecule has 18 heavy (non-hydrogen) atoms. The fourth-order valence-electron chi connectivity index (χ4n) is 1.79. The maximum absolute atomic E-state index is 14.1. The average Bonchev–Trinajstić information content (AvgIpc) is 3.16. The summed E-state index contributed by atoms with van der Waals surface area (Å²) in [7, 11) is 2.54. The van der Waals surface area contributed by atoms with Gasteiger partial charge < -0.3 is 5.11 Å². The van der Waals surface area contributed by atoms with Gasteiger partial charge in [0.05, 0.1) is 12.7 Å². The SMILES string of the molecule is CON(C)C(=O)c1cc(F)c(O)c(C2CC2)c1F. The molecule has 0 atom stereocenters. The smallest absolute Gasteiger partial charge is 0.280 e. The highest BCUT2D eigenvalue weighted by molar-refractivity contribution is 5.94. The molecule has 6 heteroatoms. The van der Waals surface area contributed by atoms with Crippen molar-refractivity contribution in [1.29, 1.82) is 0 Å². The molecule has 1 fully saturated rings. The molecular formula is C12H13F2NO3. The molecule has 1 N–H and O–H groups in total. The summed E-state index contributed by atoms with van der Waals surface area (Å²) in [6.07, 6.45) is 1.36. The topological polar surface area (TPSA) is 49.8 Å². The molecular weight excluding hydrogens is 244 g/mol. The quantitative estimate of drug-likeness (QED) is 0.844. The first kappa shape index (κ1) is 12.8. The predicted octanol–water partition coefficient (Wildman–Crippen LogP) is 2.18. The molecule has 1 aromatic carbocycles. The van der Waals surface area contributed by atoms with Crippen LogP contribution in [0.3, 0.4) is 0 Å². The Hall–Kier alpha value is -1.69. The normalized spacial score (nSPS) is 14.7. The van der Waals surface area contributed by atoms with Crippen molar-refractivity contribution in [2.75, 3.05) is 14.2 Å². The Balaban J connectivity index is 2.51. The first-order chi connectivity index (χ1) is 8.47. The molecule has 1 aliphatic rings. The number of amides is 1. The molecule has 0 aromatic heterocycles. The minimum atomic E-state index is -0.994. The summed E-state index contributed by atoms with van der Waals surface area (Å²) < 4.78 is 27.6. The summed E-state index contributed by atoms with van der Waals surface area (Å²) in [5, 5.41) is 10.3. The Labute approximate surface area is 103 Å². The van der Waals surface area contributed by atoms with Crippen molar-refractivity contribution >= 4 is 5.91 Å². The minimum absolute atomic E-state index is 0.108. The Morgan fingerprint density at radius 1 is 1.50 bits per heavy atom. The van der Waals surface area contributed by atoms with Crippen LogP contribution in [0.15, 0.2) is 6.07 Å². The molecule has 0 aliphatic heterocycles. The molecule has 0 spiro atoms. The maximum atomic E-state index is 14.1. The van der Waals surface area contributed by atoms with Crippen LogP contribution in [0.2, 0.25) is 0 Å². The van der Waals surface area contributed by atoms with Crippen molar-refractivity contribution in [3.05, 3.63) is 28.8 Å². The van der Waals surface area contributed by atoms with Gasteiger partial charge in [-0.15, -0.1) is 0 Å². The van der Waals surface area contributed by atoms with Gasteiger partial charge in [-0.2, -0.15) is 0 Å². The Morgan fingerprint density at radius 2 is 2.11 bits per heavy atom. The molecule has 0 saturated heterocycles. The number of hydrogen-bond donors (Lipinski definition) is 1. The lowest BCUT2D eigenvalue weighted by molar-refractivity contribution is -0.0759. The van der Waals surface area contributed by atoms with Crippen molar-refractivity contribution in [3.63, 3.8) is 0 Å². The second-order valence-corrected chi connectivity index (χ2v) is 4.24. The highest BCUT2D eigenvalue weighted by Gasteiger charge is 2.34. The number of phenols is 1. The van der Waals surface area contributed by atoms with Gasteiger partial charge in [0, 0.05) is 12.6 Å². The van der Waals surface area contributed by atoms with Crippen molar-refractivity contribution in [1.82, 2.24) is 5.06 Å². The van der Waals surface area contributed by atoms with Crippen LogP contribution in [-0.2, 0) is 4.84 Å². The van der Waals surface area contributed by atoms with Crippen LogP contribution < -0.4 is 0 Å². The van der Waals surface area contributed by atoms with E-state index in [1.807, 2.05) is 0 Å². The largest absolute Gasteiger partial charge is 0.505 e. The van der Waals surface area contributed by atoms with Crippen LogP contribution >= 0.6 is 0 Å². The zero-order valence-electron chi connectivity index (χ0n) is 10.0. The number of hydroxylamine groups is 2. The van der Waals surface area contributed by atoms with Gasteiger partial charge in [-0.1, -0.05) is 0 Å². The molecule has 0 heterocycles. The van der Waals surface area contributed by atoms with E-state index in [1.165, 1.54) is 14.2 Å². The van der Waals surface area contributed by atoms with E-state index in [0.717, 1.165) is 5.06 Å². The predicted molar refractivity (Wildman–Crippen MR) is 59.1 cm³/mol. The molecule has 98 valence electrons. The van der Waals surface area contributed by atoms with Gasteiger partial charge in [0.1, 0.15) is 5.82 Å². The molecule has 1 aliphatic carbocycles. The van der Waals surface area contributed by atoms with E-state index in [1.54, 1.807) is 0 Å². The second-order valence-electron chi connectivity index (χ2n) is 4.24. The van der Waals surface area contributed by atoms with Crippen LogP contribution in [0.4, 0.5) is 8.78 Å². The molecule has 1 amide bonds. The van der Waals surface area contributed by atoms with Crippen molar-refractivity contribution < 1.29 is 23.5 Å². The number of carbonyl (C=O) groups is 1. The molecule has 0 radical (unpaired) electrons. The third kappa shape index (κ3) is 2.03. The maximum Gasteiger partial charge on any atom is 0.280 e. The molecule has 2 rings (SSSR count). The van der Waals surface area contributed by atoms with Crippen molar-refractivity contribution in [2.24, 2.45) is 0 Å². The Bertz CT molecular complexity index is 501. The van der Waals surface area contributed by atoms with Crippen LogP contribution in [0, 0.1) is 11.6 Å². The Morgan fingerprint density at radius 3 is 2.61 bits per heavy atom. The van der Waals surface area contributed by atoms with Gasteiger partial charge in [0.2, 0.25) is 0 Å². The lowest BCUT2D eigenvalue weighted by Crippen LogP contribution is -2.26. The fraction of sp³-hybridized carbons (Fsp3) is 0.417. The summed E-state index contributed by atoms with van der Waals surface area (Å²) in [4.78, 5) is 16.4. The zero-order chi connectivity index (χ0) is 13.4. The summed E-state index contributed by atoms with van der Waals surface area (Å²) in [5.41, 5.74) is -0.542. The van der Waals surface area contributed by atoms with Crippen LogP contribution in [0.25, 0.3) is 0 Å². The molecule has 1 aromatic rings. The number of carbonyl (C=O) groups excluding carboxylic acids is 1. The molecule has 4 nitrogen and oxygen atoms in total. The first-order valence-corrected chi connectivity index (χ1v) is 5.50. The number of hydrogen-bond acceptors (Lipinski definition) is 3. The minimum Gasteiger partial charge on any atom is -0.505 e. The molecule has 0 bridgehead atoms. The molecule has 1 saturated carbocycles. The van der Waals surface area contributed by atoms with Gasteiger partial charge in [0.15, 0.2) is 11.6 Å². The van der Waals surface area contributed by atoms with E-state index in [-0.39, 0.29) is 11.5 Å². The van der Waals surface area contributed by atoms with E-state index >= 15 is 0 Å². The van der Waals surface area contributed by atoms with Crippen molar-refractivity contribution in [2.45, 2.75) is 18.8 Å². The Kier molecular flexibility index (Phi) is 3.21. The lowest BCUT2D eigenvalue weighted by atomic mass is 10.0.